The normalized spacial score (nSPS) is 15.2. The lowest BCUT2D eigenvalue weighted by molar-refractivity contribution is 0.462. The summed E-state index contributed by atoms with van der Waals surface area (Å²) in [6, 6.07) is 14.5. The molecule has 3 aromatic rings. The summed E-state index contributed by atoms with van der Waals surface area (Å²) in [6.07, 6.45) is 6.31. The number of benzene rings is 2. The standard InChI is InChI=1S/C21H23ClN4/c1-14-11-12-16(13-18(14)22)24-21-25-19-10-6-5-9-17(19)20(26-21)23-15-7-3-2-4-8-15/h5-6,9-13,15H,2-4,7-8H2,1H3,(H2,23,24,25,26). The van der Waals surface area contributed by atoms with Crippen molar-refractivity contribution in [1.82, 2.24) is 9.97 Å². The van der Waals surface area contributed by atoms with Crippen LogP contribution in [0.3, 0.4) is 0 Å². The number of halogens is 1. The molecule has 1 fully saturated rings. The number of aromatic nitrogens is 2. The van der Waals surface area contributed by atoms with Crippen molar-refractivity contribution in [2.75, 3.05) is 10.6 Å². The molecular weight excluding hydrogens is 344 g/mol. The third-order valence-electron chi connectivity index (χ3n) is 4.98. The van der Waals surface area contributed by atoms with Crippen LogP contribution in [0.5, 0.6) is 0 Å². The van der Waals surface area contributed by atoms with Crippen LogP contribution in [0, 0.1) is 6.92 Å². The molecule has 2 N–H and O–H groups in total. The number of fused-ring (bicyclic) bond motifs is 1. The monoisotopic (exact) mass is 366 g/mol. The fraction of sp³-hybridized carbons (Fsp3) is 0.333. The zero-order valence-corrected chi connectivity index (χ0v) is 15.7. The predicted molar refractivity (Wildman–Crippen MR) is 110 cm³/mol. The molecule has 1 saturated carbocycles. The lowest BCUT2D eigenvalue weighted by Crippen LogP contribution is -2.23. The number of hydrogen-bond acceptors (Lipinski definition) is 4. The Morgan fingerprint density at radius 1 is 1.00 bits per heavy atom. The van der Waals surface area contributed by atoms with Crippen LogP contribution >= 0.6 is 11.6 Å². The molecule has 0 aliphatic heterocycles. The van der Waals surface area contributed by atoms with E-state index in [2.05, 4.69) is 21.7 Å². The molecule has 1 heterocycles. The van der Waals surface area contributed by atoms with Gasteiger partial charge in [0.15, 0.2) is 0 Å². The lowest BCUT2D eigenvalue weighted by Gasteiger charge is -2.24. The topological polar surface area (TPSA) is 49.8 Å². The Kier molecular flexibility index (Phi) is 4.93. The number of rotatable bonds is 4. The minimum Gasteiger partial charge on any atom is -0.367 e. The minimum absolute atomic E-state index is 0.490. The van der Waals surface area contributed by atoms with Gasteiger partial charge in [0.25, 0.3) is 0 Å². The zero-order chi connectivity index (χ0) is 17.9. The molecule has 0 saturated heterocycles. The summed E-state index contributed by atoms with van der Waals surface area (Å²) in [5.41, 5.74) is 2.87. The van der Waals surface area contributed by atoms with Crippen LogP contribution in [0.15, 0.2) is 42.5 Å². The van der Waals surface area contributed by atoms with Crippen molar-refractivity contribution in [3.8, 4) is 0 Å². The van der Waals surface area contributed by atoms with Crippen LogP contribution in [0.2, 0.25) is 5.02 Å². The van der Waals surface area contributed by atoms with Gasteiger partial charge in [0.1, 0.15) is 5.82 Å². The van der Waals surface area contributed by atoms with E-state index in [1.807, 2.05) is 43.3 Å². The third-order valence-corrected chi connectivity index (χ3v) is 5.38. The molecule has 0 bridgehead atoms. The van der Waals surface area contributed by atoms with Gasteiger partial charge in [0.2, 0.25) is 5.95 Å². The van der Waals surface area contributed by atoms with Gasteiger partial charge in [-0.1, -0.05) is 49.1 Å². The summed E-state index contributed by atoms with van der Waals surface area (Å²) in [4.78, 5) is 9.44. The van der Waals surface area contributed by atoms with Crippen LogP contribution in [0.1, 0.15) is 37.7 Å². The Labute approximate surface area is 159 Å². The molecule has 0 unspecified atom stereocenters. The first kappa shape index (κ1) is 17.1. The average Bonchev–Trinajstić information content (AvgIpc) is 2.66. The highest BCUT2D eigenvalue weighted by molar-refractivity contribution is 6.31. The summed E-state index contributed by atoms with van der Waals surface area (Å²) in [7, 11) is 0. The van der Waals surface area contributed by atoms with Gasteiger partial charge in [-0.25, -0.2) is 4.98 Å². The number of para-hydroxylation sites is 1. The molecule has 4 rings (SSSR count). The van der Waals surface area contributed by atoms with E-state index in [-0.39, 0.29) is 0 Å². The van der Waals surface area contributed by atoms with Crippen molar-refractivity contribution < 1.29 is 0 Å². The van der Waals surface area contributed by atoms with E-state index in [9.17, 15) is 0 Å². The summed E-state index contributed by atoms with van der Waals surface area (Å²) in [5, 5.41) is 8.74. The van der Waals surface area contributed by atoms with Gasteiger partial charge in [-0.05, 0) is 49.6 Å². The van der Waals surface area contributed by atoms with Crippen LogP contribution in [-0.4, -0.2) is 16.0 Å². The Hall–Kier alpha value is -2.33. The molecule has 0 spiro atoms. The Morgan fingerprint density at radius 3 is 2.62 bits per heavy atom. The maximum Gasteiger partial charge on any atom is 0.229 e. The summed E-state index contributed by atoms with van der Waals surface area (Å²) in [5.74, 6) is 1.49. The second kappa shape index (κ2) is 7.50. The Morgan fingerprint density at radius 2 is 1.81 bits per heavy atom. The predicted octanol–water partition coefficient (Wildman–Crippen LogP) is 6.08. The third kappa shape index (κ3) is 3.75. The average molecular weight is 367 g/mol. The van der Waals surface area contributed by atoms with Crippen LogP contribution < -0.4 is 10.6 Å². The second-order valence-electron chi connectivity index (χ2n) is 6.98. The maximum absolute atomic E-state index is 6.24. The van der Waals surface area contributed by atoms with Crippen molar-refractivity contribution in [1.29, 1.82) is 0 Å². The Balaban J connectivity index is 1.67. The van der Waals surface area contributed by atoms with E-state index in [0.717, 1.165) is 33.0 Å². The van der Waals surface area contributed by atoms with E-state index in [1.165, 1.54) is 32.1 Å². The minimum atomic E-state index is 0.490. The summed E-state index contributed by atoms with van der Waals surface area (Å²) in [6.45, 7) is 1.99. The number of hydrogen-bond donors (Lipinski definition) is 2. The molecule has 26 heavy (non-hydrogen) atoms. The van der Waals surface area contributed by atoms with Gasteiger partial charge < -0.3 is 10.6 Å². The smallest absolute Gasteiger partial charge is 0.229 e. The largest absolute Gasteiger partial charge is 0.367 e. The van der Waals surface area contributed by atoms with E-state index in [1.54, 1.807) is 0 Å². The van der Waals surface area contributed by atoms with Crippen molar-refractivity contribution in [3.63, 3.8) is 0 Å². The highest BCUT2D eigenvalue weighted by Crippen LogP contribution is 2.28. The van der Waals surface area contributed by atoms with Crippen molar-refractivity contribution in [2.24, 2.45) is 0 Å². The van der Waals surface area contributed by atoms with Gasteiger partial charge in [0, 0.05) is 22.1 Å². The first-order valence-corrected chi connectivity index (χ1v) is 9.63. The molecule has 1 aliphatic carbocycles. The van der Waals surface area contributed by atoms with Gasteiger partial charge in [-0.15, -0.1) is 0 Å². The van der Waals surface area contributed by atoms with Crippen LogP contribution in [0.4, 0.5) is 17.5 Å². The maximum atomic E-state index is 6.24. The van der Waals surface area contributed by atoms with E-state index in [4.69, 9.17) is 16.6 Å². The van der Waals surface area contributed by atoms with E-state index < -0.39 is 0 Å². The molecular formula is C21H23ClN4. The number of nitrogens with one attached hydrogen (secondary N) is 2. The molecule has 0 atom stereocenters. The first-order chi connectivity index (χ1) is 12.7. The van der Waals surface area contributed by atoms with Crippen LogP contribution in [0.25, 0.3) is 10.9 Å². The van der Waals surface area contributed by atoms with Crippen molar-refractivity contribution in [3.05, 3.63) is 53.1 Å². The van der Waals surface area contributed by atoms with E-state index in [0.29, 0.717) is 12.0 Å². The van der Waals surface area contributed by atoms with Crippen LogP contribution in [-0.2, 0) is 0 Å². The van der Waals surface area contributed by atoms with Crippen molar-refractivity contribution in [2.45, 2.75) is 45.1 Å². The Bertz CT molecular complexity index is 919. The van der Waals surface area contributed by atoms with Gasteiger partial charge in [0.05, 0.1) is 5.52 Å². The van der Waals surface area contributed by atoms with E-state index >= 15 is 0 Å². The molecule has 0 amide bonds. The SMILES string of the molecule is Cc1ccc(Nc2nc(NC3CCCCC3)c3ccccc3n2)cc1Cl. The fourth-order valence-electron chi connectivity index (χ4n) is 3.48. The number of aryl methyl sites for hydroxylation is 1. The zero-order valence-electron chi connectivity index (χ0n) is 14.9. The molecule has 2 aromatic carbocycles. The van der Waals surface area contributed by atoms with Gasteiger partial charge in [-0.2, -0.15) is 4.98 Å². The molecule has 0 radical (unpaired) electrons. The first-order valence-electron chi connectivity index (χ1n) is 9.25. The number of nitrogens with zero attached hydrogens (tertiary/aromatic N) is 2. The highest BCUT2D eigenvalue weighted by Gasteiger charge is 2.16. The lowest BCUT2D eigenvalue weighted by atomic mass is 9.95. The van der Waals surface area contributed by atoms with Gasteiger partial charge in [-0.3, -0.25) is 0 Å². The molecule has 1 aliphatic rings. The summed E-state index contributed by atoms with van der Waals surface area (Å²) >= 11 is 6.24. The quantitative estimate of drug-likeness (QED) is 0.587. The molecule has 1 aromatic heterocycles. The van der Waals surface area contributed by atoms with Crippen molar-refractivity contribution >= 4 is 40.0 Å². The highest BCUT2D eigenvalue weighted by atomic mass is 35.5. The molecule has 5 heteroatoms. The molecule has 4 nitrogen and oxygen atoms in total. The van der Waals surface area contributed by atoms with Gasteiger partial charge >= 0.3 is 0 Å². The summed E-state index contributed by atoms with van der Waals surface area (Å²) < 4.78 is 0. The molecule has 134 valence electrons. The number of anilines is 3. The second-order valence-corrected chi connectivity index (χ2v) is 7.39. The fourth-order valence-corrected chi connectivity index (χ4v) is 3.66.